The van der Waals surface area contributed by atoms with Crippen LogP contribution in [0.25, 0.3) is 11.1 Å². The number of benzene rings is 2. The Balaban J connectivity index is 2.09. The average molecular weight is 372 g/mol. The fraction of sp³-hybridized carbons (Fsp3) is 0.300. The van der Waals surface area contributed by atoms with Gasteiger partial charge in [0, 0.05) is 30.0 Å². The SMILES string of the molecule is CC(F)(F)c1ccc(-c2cc(NC(=O)CCO)c(C#N)c3c2OCC3)cc1. The summed E-state index contributed by atoms with van der Waals surface area (Å²) in [4.78, 5) is 11.9. The smallest absolute Gasteiger partial charge is 0.270 e. The van der Waals surface area contributed by atoms with Crippen molar-refractivity contribution in [2.24, 2.45) is 0 Å². The van der Waals surface area contributed by atoms with Gasteiger partial charge in [0.15, 0.2) is 0 Å². The number of hydrogen-bond acceptors (Lipinski definition) is 4. The van der Waals surface area contributed by atoms with E-state index in [0.717, 1.165) is 6.92 Å². The Morgan fingerprint density at radius 3 is 2.67 bits per heavy atom. The van der Waals surface area contributed by atoms with Crippen LogP contribution in [0.1, 0.15) is 30.0 Å². The molecule has 1 aliphatic heterocycles. The van der Waals surface area contributed by atoms with Crippen molar-refractivity contribution in [1.82, 2.24) is 0 Å². The number of anilines is 1. The van der Waals surface area contributed by atoms with Crippen LogP contribution in [0.4, 0.5) is 14.5 Å². The second kappa shape index (κ2) is 7.33. The third-order valence-corrected chi connectivity index (χ3v) is 4.40. The van der Waals surface area contributed by atoms with Crippen molar-refractivity contribution in [3.63, 3.8) is 0 Å². The summed E-state index contributed by atoms with van der Waals surface area (Å²) < 4.78 is 32.6. The summed E-state index contributed by atoms with van der Waals surface area (Å²) in [5.41, 5.74) is 2.47. The monoisotopic (exact) mass is 372 g/mol. The molecule has 0 bridgehead atoms. The summed E-state index contributed by atoms with van der Waals surface area (Å²) in [6.45, 7) is 0.927. The van der Waals surface area contributed by atoms with Gasteiger partial charge in [0.1, 0.15) is 11.8 Å². The third kappa shape index (κ3) is 3.76. The molecule has 0 aliphatic carbocycles. The number of alkyl halides is 2. The molecule has 0 spiro atoms. The van der Waals surface area contributed by atoms with Crippen LogP contribution in [0.2, 0.25) is 0 Å². The lowest BCUT2D eigenvalue weighted by Gasteiger charge is -2.16. The van der Waals surface area contributed by atoms with Crippen LogP contribution < -0.4 is 10.1 Å². The van der Waals surface area contributed by atoms with Gasteiger partial charge in [-0.2, -0.15) is 5.26 Å². The zero-order valence-electron chi connectivity index (χ0n) is 14.7. The maximum atomic E-state index is 13.5. The van der Waals surface area contributed by atoms with E-state index in [1.165, 1.54) is 12.1 Å². The number of carbonyl (C=O) groups excluding carboxylic acids is 1. The van der Waals surface area contributed by atoms with E-state index in [4.69, 9.17) is 9.84 Å². The minimum Gasteiger partial charge on any atom is -0.492 e. The van der Waals surface area contributed by atoms with Crippen LogP contribution in [0.3, 0.4) is 0 Å². The van der Waals surface area contributed by atoms with E-state index in [1.807, 2.05) is 0 Å². The van der Waals surface area contributed by atoms with Crippen molar-refractivity contribution in [3.8, 4) is 22.9 Å². The van der Waals surface area contributed by atoms with Crippen molar-refractivity contribution in [2.45, 2.75) is 25.7 Å². The maximum absolute atomic E-state index is 13.5. The van der Waals surface area contributed by atoms with E-state index in [-0.39, 0.29) is 18.6 Å². The Morgan fingerprint density at radius 2 is 2.07 bits per heavy atom. The molecule has 0 aromatic heterocycles. The number of halogens is 2. The van der Waals surface area contributed by atoms with E-state index in [9.17, 15) is 18.8 Å². The zero-order valence-corrected chi connectivity index (χ0v) is 14.7. The molecule has 0 saturated heterocycles. The van der Waals surface area contributed by atoms with Crippen LogP contribution in [-0.4, -0.2) is 24.2 Å². The first-order chi connectivity index (χ1) is 12.8. The molecule has 0 fully saturated rings. The number of nitrogens with zero attached hydrogens (tertiary/aromatic N) is 1. The minimum absolute atomic E-state index is 0.0892. The van der Waals surface area contributed by atoms with Crippen molar-refractivity contribution >= 4 is 11.6 Å². The molecule has 0 saturated carbocycles. The van der Waals surface area contributed by atoms with Gasteiger partial charge in [-0.05, 0) is 11.6 Å². The first-order valence-corrected chi connectivity index (χ1v) is 8.47. The number of ether oxygens (including phenoxy) is 1. The molecule has 140 valence electrons. The molecule has 2 N–H and O–H groups in total. The highest BCUT2D eigenvalue weighted by atomic mass is 19.3. The number of amides is 1. The molecule has 3 rings (SSSR count). The van der Waals surface area contributed by atoms with Crippen LogP contribution in [0, 0.1) is 11.3 Å². The van der Waals surface area contributed by atoms with E-state index in [1.54, 1.807) is 18.2 Å². The number of nitrogens with one attached hydrogen (secondary N) is 1. The number of rotatable bonds is 5. The lowest BCUT2D eigenvalue weighted by atomic mass is 9.94. The Morgan fingerprint density at radius 1 is 1.37 bits per heavy atom. The van der Waals surface area contributed by atoms with Gasteiger partial charge in [-0.3, -0.25) is 4.79 Å². The molecule has 5 nitrogen and oxygen atoms in total. The van der Waals surface area contributed by atoms with Gasteiger partial charge in [-0.1, -0.05) is 24.3 Å². The zero-order chi connectivity index (χ0) is 19.6. The largest absolute Gasteiger partial charge is 0.492 e. The highest BCUT2D eigenvalue weighted by Crippen LogP contribution is 2.42. The summed E-state index contributed by atoms with van der Waals surface area (Å²) in [6.07, 6.45) is 0.425. The van der Waals surface area contributed by atoms with Crippen LogP contribution >= 0.6 is 0 Å². The first-order valence-electron chi connectivity index (χ1n) is 8.47. The number of fused-ring (bicyclic) bond motifs is 1. The summed E-state index contributed by atoms with van der Waals surface area (Å²) >= 11 is 0. The minimum atomic E-state index is -2.94. The maximum Gasteiger partial charge on any atom is 0.270 e. The first kappa shape index (κ1) is 18.8. The molecule has 7 heteroatoms. The van der Waals surface area contributed by atoms with Crippen molar-refractivity contribution in [3.05, 3.63) is 47.0 Å². The molecule has 2 aromatic carbocycles. The Labute approximate surface area is 155 Å². The molecule has 1 amide bonds. The molecule has 0 radical (unpaired) electrons. The van der Waals surface area contributed by atoms with Gasteiger partial charge in [-0.25, -0.2) is 8.78 Å². The van der Waals surface area contributed by atoms with Crippen LogP contribution in [-0.2, 0) is 17.1 Å². The number of nitriles is 1. The number of aliphatic hydroxyl groups is 1. The average Bonchev–Trinajstić information content (AvgIpc) is 3.10. The van der Waals surface area contributed by atoms with Gasteiger partial charge in [0.05, 0.1) is 30.9 Å². The predicted molar refractivity (Wildman–Crippen MR) is 95.7 cm³/mol. The van der Waals surface area contributed by atoms with E-state index in [2.05, 4.69) is 11.4 Å². The molecule has 0 atom stereocenters. The molecule has 2 aromatic rings. The van der Waals surface area contributed by atoms with Gasteiger partial charge in [0.25, 0.3) is 5.92 Å². The second-order valence-corrected chi connectivity index (χ2v) is 6.35. The highest BCUT2D eigenvalue weighted by molar-refractivity contribution is 5.94. The van der Waals surface area contributed by atoms with Crippen LogP contribution in [0.15, 0.2) is 30.3 Å². The highest BCUT2D eigenvalue weighted by Gasteiger charge is 2.27. The lowest BCUT2D eigenvalue weighted by molar-refractivity contribution is -0.116. The Hall–Kier alpha value is -2.98. The van der Waals surface area contributed by atoms with Gasteiger partial charge < -0.3 is 15.2 Å². The second-order valence-electron chi connectivity index (χ2n) is 6.35. The molecular formula is C20H18F2N2O3. The van der Waals surface area contributed by atoms with Gasteiger partial charge >= 0.3 is 0 Å². The quantitative estimate of drug-likeness (QED) is 0.840. The fourth-order valence-electron chi connectivity index (χ4n) is 3.08. The summed E-state index contributed by atoms with van der Waals surface area (Å²) in [7, 11) is 0. The van der Waals surface area contributed by atoms with Crippen molar-refractivity contribution < 1.29 is 23.4 Å². The Kier molecular flexibility index (Phi) is 5.10. The molecule has 1 aliphatic rings. The van der Waals surface area contributed by atoms with E-state index >= 15 is 0 Å². The van der Waals surface area contributed by atoms with Gasteiger partial charge in [0.2, 0.25) is 5.91 Å². The van der Waals surface area contributed by atoms with E-state index < -0.39 is 11.8 Å². The lowest BCUT2D eigenvalue weighted by Crippen LogP contribution is -2.14. The van der Waals surface area contributed by atoms with Crippen LogP contribution in [0.5, 0.6) is 5.75 Å². The van der Waals surface area contributed by atoms with Crippen molar-refractivity contribution in [2.75, 3.05) is 18.5 Å². The topological polar surface area (TPSA) is 82.4 Å². The van der Waals surface area contributed by atoms with Crippen molar-refractivity contribution in [1.29, 1.82) is 5.26 Å². The Bertz CT molecular complexity index is 913. The normalized spacial score (nSPS) is 12.9. The summed E-state index contributed by atoms with van der Waals surface area (Å²) in [5.74, 6) is -2.83. The van der Waals surface area contributed by atoms with Gasteiger partial charge in [-0.15, -0.1) is 0 Å². The summed E-state index contributed by atoms with van der Waals surface area (Å²) in [5, 5.41) is 21.1. The number of hydrogen-bond donors (Lipinski definition) is 2. The fourth-order valence-corrected chi connectivity index (χ4v) is 3.08. The summed E-state index contributed by atoms with van der Waals surface area (Å²) in [6, 6.07) is 9.52. The molecule has 1 heterocycles. The third-order valence-electron chi connectivity index (χ3n) is 4.40. The molecular weight excluding hydrogens is 354 g/mol. The number of carbonyl (C=O) groups is 1. The number of aliphatic hydroxyl groups excluding tert-OH is 1. The standard InChI is InChI=1S/C20H18F2N2O3/c1-20(21,22)13-4-2-12(3-5-13)15-10-17(24-18(26)6-8-25)16(11-23)14-7-9-27-19(14)15/h2-5,10,25H,6-9H2,1H3,(H,24,26). The molecule has 27 heavy (non-hydrogen) atoms. The van der Waals surface area contributed by atoms with E-state index in [0.29, 0.717) is 46.7 Å². The predicted octanol–water partition coefficient (Wildman–Crippen LogP) is 3.59. The molecule has 0 unspecified atom stereocenters.